The molecule has 2 aromatic rings. The first-order chi connectivity index (χ1) is 14.1. The van der Waals surface area contributed by atoms with E-state index in [1.54, 1.807) is 11.3 Å². The highest BCUT2D eigenvalue weighted by Gasteiger charge is 2.54. The highest BCUT2D eigenvalue weighted by atomic mass is 32.1. The van der Waals surface area contributed by atoms with Crippen LogP contribution < -0.4 is 10.6 Å². The summed E-state index contributed by atoms with van der Waals surface area (Å²) < 4.78 is 0. The molecule has 6 nitrogen and oxygen atoms in total. The van der Waals surface area contributed by atoms with Crippen molar-refractivity contribution < 1.29 is 14.4 Å². The Morgan fingerprint density at radius 1 is 1.21 bits per heavy atom. The Balaban J connectivity index is 1.33. The molecule has 150 valence electrons. The molecule has 0 radical (unpaired) electrons. The third-order valence-corrected chi connectivity index (χ3v) is 7.32. The molecule has 5 rings (SSSR count). The zero-order chi connectivity index (χ0) is 20.0. The number of amides is 4. The van der Waals surface area contributed by atoms with Crippen LogP contribution in [-0.2, 0) is 28.0 Å². The number of hydrogen-bond acceptors (Lipinski definition) is 4. The van der Waals surface area contributed by atoms with Crippen molar-refractivity contribution >= 4 is 29.2 Å². The number of thiophene rings is 1. The van der Waals surface area contributed by atoms with E-state index in [4.69, 9.17) is 0 Å². The Morgan fingerprint density at radius 2 is 2.07 bits per heavy atom. The van der Waals surface area contributed by atoms with Gasteiger partial charge in [-0.2, -0.15) is 0 Å². The van der Waals surface area contributed by atoms with Gasteiger partial charge in [0.25, 0.3) is 5.91 Å². The molecular formula is C22H23N3O3S. The van der Waals surface area contributed by atoms with Crippen molar-refractivity contribution in [2.75, 3.05) is 6.54 Å². The van der Waals surface area contributed by atoms with Crippen LogP contribution in [0.2, 0.25) is 0 Å². The average Bonchev–Trinajstić information content (AvgIpc) is 3.29. The SMILES string of the molecule is O=C(CN1C(=O)N[C@]2(CCCc3sccc32)C1=O)N[C@H]1CCCc2ccccc21. The lowest BCUT2D eigenvalue weighted by molar-refractivity contribution is -0.135. The number of nitrogens with zero attached hydrogens (tertiary/aromatic N) is 1. The van der Waals surface area contributed by atoms with E-state index in [-0.39, 0.29) is 24.4 Å². The summed E-state index contributed by atoms with van der Waals surface area (Å²) in [6.45, 7) is -0.245. The smallest absolute Gasteiger partial charge is 0.325 e. The van der Waals surface area contributed by atoms with E-state index in [1.807, 2.05) is 29.6 Å². The number of hydrogen-bond donors (Lipinski definition) is 2. The number of urea groups is 1. The molecule has 2 aliphatic carbocycles. The van der Waals surface area contributed by atoms with E-state index < -0.39 is 11.6 Å². The Kier molecular flexibility index (Phi) is 4.42. The van der Waals surface area contributed by atoms with Gasteiger partial charge in [-0.05, 0) is 61.1 Å². The molecule has 1 aromatic carbocycles. The van der Waals surface area contributed by atoms with Crippen LogP contribution >= 0.6 is 11.3 Å². The molecule has 1 fully saturated rings. The van der Waals surface area contributed by atoms with Crippen LogP contribution in [0.15, 0.2) is 35.7 Å². The zero-order valence-corrected chi connectivity index (χ0v) is 16.9. The number of fused-ring (bicyclic) bond motifs is 3. The summed E-state index contributed by atoms with van der Waals surface area (Å²) >= 11 is 1.62. The second-order valence-corrected chi connectivity index (χ2v) is 9.05. The van der Waals surface area contributed by atoms with Crippen molar-refractivity contribution in [2.45, 2.75) is 50.1 Å². The van der Waals surface area contributed by atoms with E-state index in [2.05, 4.69) is 16.7 Å². The fourth-order valence-electron chi connectivity index (χ4n) is 4.97. The maximum Gasteiger partial charge on any atom is 0.325 e. The number of nitrogens with one attached hydrogen (secondary N) is 2. The lowest BCUT2D eigenvalue weighted by atomic mass is 9.80. The summed E-state index contributed by atoms with van der Waals surface area (Å²) in [5.41, 5.74) is 2.29. The average molecular weight is 410 g/mol. The molecule has 1 saturated heterocycles. The second kappa shape index (κ2) is 6.99. The van der Waals surface area contributed by atoms with Crippen molar-refractivity contribution in [3.8, 4) is 0 Å². The standard InChI is InChI=1S/C22H23N3O3S/c26-19(23-17-8-3-6-14-5-1-2-7-15(14)17)13-25-20(27)22(24-21(25)28)11-4-9-18-16(22)10-12-29-18/h1-2,5,7,10,12,17H,3-4,6,8-9,11,13H2,(H,23,26)(H,24,28)/t17-,22-/m0/s1. The molecule has 0 bridgehead atoms. The Morgan fingerprint density at radius 3 is 2.97 bits per heavy atom. The van der Waals surface area contributed by atoms with Gasteiger partial charge in [0.15, 0.2) is 0 Å². The third-order valence-electron chi connectivity index (χ3n) is 6.34. The number of imide groups is 1. The van der Waals surface area contributed by atoms with Crippen molar-refractivity contribution in [1.29, 1.82) is 0 Å². The summed E-state index contributed by atoms with van der Waals surface area (Å²) in [5, 5.41) is 7.90. The van der Waals surface area contributed by atoms with Crippen LogP contribution in [0, 0.1) is 0 Å². The minimum Gasteiger partial charge on any atom is -0.348 e. The largest absolute Gasteiger partial charge is 0.348 e. The van der Waals surface area contributed by atoms with Crippen LogP contribution in [0.3, 0.4) is 0 Å². The van der Waals surface area contributed by atoms with Gasteiger partial charge in [-0.3, -0.25) is 14.5 Å². The summed E-state index contributed by atoms with van der Waals surface area (Å²) in [7, 11) is 0. The maximum absolute atomic E-state index is 13.2. The number of carbonyl (C=O) groups excluding carboxylic acids is 3. The monoisotopic (exact) mass is 409 g/mol. The Hall–Kier alpha value is -2.67. The Labute approximate surface area is 173 Å². The van der Waals surface area contributed by atoms with Crippen molar-refractivity contribution in [3.05, 3.63) is 57.3 Å². The highest BCUT2D eigenvalue weighted by molar-refractivity contribution is 7.10. The van der Waals surface area contributed by atoms with Gasteiger partial charge in [0.05, 0.1) is 6.04 Å². The third kappa shape index (κ3) is 2.95. The van der Waals surface area contributed by atoms with Gasteiger partial charge in [0, 0.05) is 10.4 Å². The molecular weight excluding hydrogens is 386 g/mol. The molecule has 29 heavy (non-hydrogen) atoms. The van der Waals surface area contributed by atoms with Gasteiger partial charge >= 0.3 is 6.03 Å². The normalized spacial score (nSPS) is 25.5. The first-order valence-corrected chi connectivity index (χ1v) is 11.0. The fraction of sp³-hybridized carbons (Fsp3) is 0.409. The van der Waals surface area contributed by atoms with E-state index in [0.29, 0.717) is 6.42 Å². The quantitative estimate of drug-likeness (QED) is 0.765. The van der Waals surface area contributed by atoms with Crippen LogP contribution in [-0.4, -0.2) is 29.3 Å². The molecule has 7 heteroatoms. The molecule has 4 amide bonds. The molecule has 2 heterocycles. The molecule has 2 N–H and O–H groups in total. The van der Waals surface area contributed by atoms with Gasteiger partial charge in [-0.25, -0.2) is 4.79 Å². The second-order valence-electron chi connectivity index (χ2n) is 8.05. The summed E-state index contributed by atoms with van der Waals surface area (Å²) in [6.07, 6.45) is 5.24. The minimum atomic E-state index is -0.998. The van der Waals surface area contributed by atoms with E-state index in [9.17, 15) is 14.4 Å². The first kappa shape index (κ1) is 18.4. The van der Waals surface area contributed by atoms with Gasteiger partial charge in [-0.15, -0.1) is 11.3 Å². The molecule has 1 aliphatic heterocycles. The fourth-order valence-corrected chi connectivity index (χ4v) is 5.97. The number of aryl methyl sites for hydroxylation is 2. The molecule has 0 unspecified atom stereocenters. The number of rotatable bonds is 3. The van der Waals surface area contributed by atoms with Crippen LogP contribution in [0.4, 0.5) is 4.79 Å². The lowest BCUT2D eigenvalue weighted by Gasteiger charge is -2.31. The van der Waals surface area contributed by atoms with E-state index in [1.165, 1.54) is 5.56 Å². The van der Waals surface area contributed by atoms with Gasteiger partial charge in [0.2, 0.25) is 5.91 Å². The minimum absolute atomic E-state index is 0.0691. The van der Waals surface area contributed by atoms with Gasteiger partial charge in [-0.1, -0.05) is 24.3 Å². The molecule has 3 aliphatic rings. The van der Waals surface area contributed by atoms with E-state index >= 15 is 0 Å². The van der Waals surface area contributed by atoms with Crippen LogP contribution in [0.5, 0.6) is 0 Å². The molecule has 1 spiro atoms. The molecule has 2 atom stereocenters. The topological polar surface area (TPSA) is 78.5 Å². The van der Waals surface area contributed by atoms with Gasteiger partial charge < -0.3 is 10.6 Å². The zero-order valence-electron chi connectivity index (χ0n) is 16.1. The van der Waals surface area contributed by atoms with Crippen molar-refractivity contribution in [1.82, 2.24) is 15.5 Å². The molecule has 0 saturated carbocycles. The summed E-state index contributed by atoms with van der Waals surface area (Å²) in [5.74, 6) is -0.602. The van der Waals surface area contributed by atoms with Crippen LogP contribution in [0.1, 0.15) is 53.3 Å². The van der Waals surface area contributed by atoms with E-state index in [0.717, 1.165) is 53.0 Å². The number of benzene rings is 1. The molecule has 1 aromatic heterocycles. The predicted molar refractivity (Wildman–Crippen MR) is 109 cm³/mol. The maximum atomic E-state index is 13.2. The van der Waals surface area contributed by atoms with Crippen molar-refractivity contribution in [2.24, 2.45) is 0 Å². The predicted octanol–water partition coefficient (Wildman–Crippen LogP) is 3.03. The summed E-state index contributed by atoms with van der Waals surface area (Å²) in [6, 6.07) is 9.51. The van der Waals surface area contributed by atoms with Crippen LogP contribution in [0.25, 0.3) is 0 Å². The Bertz CT molecular complexity index is 1000. The summed E-state index contributed by atoms with van der Waals surface area (Å²) in [4.78, 5) is 40.9. The number of carbonyl (C=O) groups is 3. The first-order valence-electron chi connectivity index (χ1n) is 10.2. The van der Waals surface area contributed by atoms with Gasteiger partial charge in [0.1, 0.15) is 12.1 Å². The highest BCUT2D eigenvalue weighted by Crippen LogP contribution is 2.42. The lowest BCUT2D eigenvalue weighted by Crippen LogP contribution is -2.47. The van der Waals surface area contributed by atoms with Crippen molar-refractivity contribution in [3.63, 3.8) is 0 Å².